The van der Waals surface area contributed by atoms with Gasteiger partial charge in [-0.05, 0) is 103 Å². The number of esters is 2. The van der Waals surface area contributed by atoms with E-state index >= 15 is 0 Å². The minimum absolute atomic E-state index is 0.0670. The van der Waals surface area contributed by atoms with Crippen LogP contribution < -0.4 is 0 Å². The highest BCUT2D eigenvalue weighted by molar-refractivity contribution is 5.70. The number of rotatable bonds is 62. The van der Waals surface area contributed by atoms with Crippen molar-refractivity contribution in [2.75, 3.05) is 13.2 Å². The summed E-state index contributed by atoms with van der Waals surface area (Å²) in [4.78, 5) is 24.7. The van der Waals surface area contributed by atoms with Gasteiger partial charge in [-0.1, -0.05) is 328 Å². The molecule has 0 bridgehead atoms. The van der Waals surface area contributed by atoms with Crippen LogP contribution in [0.5, 0.6) is 0 Å². The van der Waals surface area contributed by atoms with Gasteiger partial charge in [-0.3, -0.25) is 9.59 Å². The van der Waals surface area contributed by atoms with Crippen molar-refractivity contribution in [1.82, 2.24) is 0 Å². The fraction of sp³-hybridized carbons (Fsp3) is 0.707. The van der Waals surface area contributed by atoms with Crippen molar-refractivity contribution in [1.29, 1.82) is 0 Å². The molecule has 1 atom stereocenters. The van der Waals surface area contributed by atoms with Crippen LogP contribution in [-0.4, -0.2) is 36.4 Å². The summed E-state index contributed by atoms with van der Waals surface area (Å²) in [5, 5.41) is 9.70. The van der Waals surface area contributed by atoms with Gasteiger partial charge in [0.05, 0.1) is 6.61 Å². The second-order valence-corrected chi connectivity index (χ2v) is 22.5. The Morgan fingerprint density at radius 3 is 0.750 bits per heavy atom. The lowest BCUT2D eigenvalue weighted by atomic mass is 10.0. The summed E-state index contributed by atoms with van der Waals surface area (Å²) >= 11 is 0. The SMILES string of the molecule is CC/C=C\C/C=C\C/C=C\C/C=C\C/C=C\CCCCCCCCCCCCCCCCCCCC(=O)OCC(CO)OC(=O)CCCCCCCCCCCCCCCCCCC/C=C\C/C=C\C/C=C\C/C=C\C/C=C\CC. The lowest BCUT2D eigenvalue weighted by molar-refractivity contribution is -0.161. The molecule has 1 unspecified atom stereocenters. The van der Waals surface area contributed by atoms with E-state index in [1.165, 1.54) is 193 Å². The monoisotopic (exact) mass is 1110 g/mol. The van der Waals surface area contributed by atoms with Crippen LogP contribution in [-0.2, 0) is 19.1 Å². The van der Waals surface area contributed by atoms with Gasteiger partial charge in [0.1, 0.15) is 6.61 Å². The number of unbranched alkanes of at least 4 members (excludes halogenated alkanes) is 34. The first-order chi connectivity index (χ1) is 39.6. The van der Waals surface area contributed by atoms with Crippen molar-refractivity contribution in [3.63, 3.8) is 0 Å². The molecule has 1 N–H and O–H groups in total. The van der Waals surface area contributed by atoms with Gasteiger partial charge >= 0.3 is 11.9 Å². The number of carbonyl (C=O) groups is 2. The maximum Gasteiger partial charge on any atom is 0.306 e. The van der Waals surface area contributed by atoms with Crippen molar-refractivity contribution >= 4 is 11.9 Å². The molecule has 0 saturated carbocycles. The molecule has 5 nitrogen and oxygen atoms in total. The summed E-state index contributed by atoms with van der Waals surface area (Å²) in [6.45, 7) is 3.94. The molecule has 0 spiro atoms. The summed E-state index contributed by atoms with van der Waals surface area (Å²) in [5.41, 5.74) is 0. The molecule has 0 radical (unpaired) electrons. The molecule has 80 heavy (non-hydrogen) atoms. The van der Waals surface area contributed by atoms with Crippen LogP contribution in [0, 0.1) is 0 Å². The van der Waals surface area contributed by atoms with E-state index in [0.717, 1.165) is 103 Å². The highest BCUT2D eigenvalue weighted by Crippen LogP contribution is 2.18. The molecule has 458 valence electrons. The van der Waals surface area contributed by atoms with Crippen LogP contribution >= 0.6 is 0 Å². The number of aliphatic hydroxyl groups excluding tert-OH is 1. The average Bonchev–Trinajstić information content (AvgIpc) is 3.46. The first kappa shape index (κ1) is 76.3. The lowest BCUT2D eigenvalue weighted by Crippen LogP contribution is -2.28. The van der Waals surface area contributed by atoms with Gasteiger partial charge in [-0.15, -0.1) is 0 Å². The molecule has 0 amide bonds. The summed E-state index contributed by atoms with van der Waals surface area (Å²) in [5.74, 6) is -0.581. The van der Waals surface area contributed by atoms with E-state index < -0.39 is 6.10 Å². The Labute approximate surface area is 496 Å². The third kappa shape index (κ3) is 66.8. The van der Waals surface area contributed by atoms with E-state index in [-0.39, 0.29) is 25.2 Å². The topological polar surface area (TPSA) is 72.8 Å². The third-order valence-electron chi connectivity index (χ3n) is 14.8. The van der Waals surface area contributed by atoms with Gasteiger partial charge in [-0.25, -0.2) is 0 Å². The Morgan fingerprint density at radius 2 is 0.500 bits per heavy atom. The molecule has 0 fully saturated rings. The average molecular weight is 1110 g/mol. The normalized spacial score (nSPS) is 13.0. The molecule has 0 aliphatic carbocycles. The minimum Gasteiger partial charge on any atom is -0.462 e. The summed E-state index contributed by atoms with van der Waals surface area (Å²) in [7, 11) is 0. The van der Waals surface area contributed by atoms with Gasteiger partial charge in [0.15, 0.2) is 6.10 Å². The van der Waals surface area contributed by atoms with Crippen LogP contribution in [0.15, 0.2) is 122 Å². The Bertz CT molecular complexity index is 1590. The van der Waals surface area contributed by atoms with E-state index in [1.807, 2.05) is 0 Å². The smallest absolute Gasteiger partial charge is 0.306 e. The first-order valence-corrected chi connectivity index (χ1v) is 34.1. The highest BCUT2D eigenvalue weighted by atomic mass is 16.6. The standard InChI is InChI=1S/C75H128O5/c1-3-5-7-9-11-13-15-17-19-21-23-25-27-29-31-33-35-37-39-41-43-45-47-49-51-53-55-57-59-61-63-65-67-69-74(77)79-72-73(71-76)80-75(78)70-68-66-64-62-60-58-56-54-52-50-48-46-44-42-40-38-36-34-32-30-28-26-24-22-20-18-16-14-12-10-8-6-4-2/h5-8,11-14,17-20,23-26,29-32,73,76H,3-4,9-10,15-16,21-22,27-28,33-72H2,1-2H3/b7-5-,8-6-,13-11-,14-12-,19-17-,20-18-,25-23-,26-24-,31-29-,32-30-. The molecular weight excluding hydrogens is 981 g/mol. The molecular formula is C75H128O5. The Hall–Kier alpha value is -3.70. The fourth-order valence-corrected chi connectivity index (χ4v) is 9.73. The van der Waals surface area contributed by atoms with Gasteiger partial charge in [0.25, 0.3) is 0 Å². The lowest BCUT2D eigenvalue weighted by Gasteiger charge is -2.15. The zero-order valence-corrected chi connectivity index (χ0v) is 52.6. The zero-order valence-electron chi connectivity index (χ0n) is 52.6. The van der Waals surface area contributed by atoms with Crippen molar-refractivity contribution in [3.8, 4) is 0 Å². The van der Waals surface area contributed by atoms with Crippen LogP contribution in [0.3, 0.4) is 0 Å². The number of hydrogen-bond donors (Lipinski definition) is 1. The summed E-state index contributed by atoms with van der Waals surface area (Å²) in [6.07, 6.45) is 102. The minimum atomic E-state index is -0.778. The summed E-state index contributed by atoms with van der Waals surface area (Å²) in [6, 6.07) is 0. The number of hydrogen-bond acceptors (Lipinski definition) is 5. The number of aliphatic hydroxyl groups is 1. The molecule has 0 rings (SSSR count). The van der Waals surface area contributed by atoms with Gasteiger partial charge in [0.2, 0.25) is 0 Å². The summed E-state index contributed by atoms with van der Waals surface area (Å²) < 4.78 is 10.8. The quantitative estimate of drug-likeness (QED) is 0.0373. The molecule has 5 heteroatoms. The predicted octanol–water partition coefficient (Wildman–Crippen LogP) is 23.8. The number of carbonyl (C=O) groups excluding carboxylic acids is 2. The molecule has 0 aromatic rings. The van der Waals surface area contributed by atoms with Crippen LogP contribution in [0.4, 0.5) is 0 Å². The van der Waals surface area contributed by atoms with E-state index in [2.05, 4.69) is 135 Å². The van der Waals surface area contributed by atoms with Crippen molar-refractivity contribution < 1.29 is 24.2 Å². The predicted molar refractivity (Wildman–Crippen MR) is 352 cm³/mol. The van der Waals surface area contributed by atoms with Crippen LogP contribution in [0.1, 0.15) is 322 Å². The van der Waals surface area contributed by atoms with E-state index in [1.54, 1.807) is 0 Å². The Morgan fingerprint density at radius 1 is 0.287 bits per heavy atom. The van der Waals surface area contributed by atoms with E-state index in [4.69, 9.17) is 9.47 Å². The maximum atomic E-state index is 12.4. The van der Waals surface area contributed by atoms with E-state index in [9.17, 15) is 14.7 Å². The van der Waals surface area contributed by atoms with Crippen molar-refractivity contribution in [2.45, 2.75) is 328 Å². The third-order valence-corrected chi connectivity index (χ3v) is 14.8. The number of ether oxygens (including phenoxy) is 2. The molecule has 0 aromatic heterocycles. The van der Waals surface area contributed by atoms with Crippen LogP contribution in [0.2, 0.25) is 0 Å². The largest absolute Gasteiger partial charge is 0.462 e. The van der Waals surface area contributed by atoms with Gasteiger partial charge in [-0.2, -0.15) is 0 Å². The molecule has 0 heterocycles. The Kier molecular flexibility index (Phi) is 66.4. The molecule has 0 aliphatic heterocycles. The first-order valence-electron chi connectivity index (χ1n) is 34.1. The van der Waals surface area contributed by atoms with Crippen LogP contribution in [0.25, 0.3) is 0 Å². The molecule has 0 aliphatic rings. The highest BCUT2D eigenvalue weighted by Gasteiger charge is 2.16. The zero-order chi connectivity index (χ0) is 57.6. The number of allylic oxidation sites excluding steroid dienone is 20. The van der Waals surface area contributed by atoms with Crippen molar-refractivity contribution in [2.24, 2.45) is 0 Å². The molecule has 0 aromatic carbocycles. The molecule has 0 saturated heterocycles. The van der Waals surface area contributed by atoms with Gasteiger partial charge < -0.3 is 14.6 Å². The van der Waals surface area contributed by atoms with E-state index in [0.29, 0.717) is 12.8 Å². The Balaban J connectivity index is 3.45. The van der Waals surface area contributed by atoms with Gasteiger partial charge in [0, 0.05) is 12.8 Å². The second-order valence-electron chi connectivity index (χ2n) is 22.5. The second kappa shape index (κ2) is 69.6. The van der Waals surface area contributed by atoms with Crippen molar-refractivity contribution in [3.05, 3.63) is 122 Å². The maximum absolute atomic E-state index is 12.4. The fourth-order valence-electron chi connectivity index (χ4n) is 9.73.